The summed E-state index contributed by atoms with van der Waals surface area (Å²) in [5.41, 5.74) is 11.1. The van der Waals surface area contributed by atoms with E-state index in [1.165, 1.54) is 21.8 Å². The van der Waals surface area contributed by atoms with Crippen LogP contribution in [0.2, 0.25) is 0 Å². The van der Waals surface area contributed by atoms with E-state index in [9.17, 15) is 0 Å². The summed E-state index contributed by atoms with van der Waals surface area (Å²) in [6.45, 7) is 0.395. The van der Waals surface area contributed by atoms with Crippen LogP contribution in [0.25, 0.3) is 106 Å². The summed E-state index contributed by atoms with van der Waals surface area (Å²) in [6.07, 6.45) is 0. The molecule has 60 heavy (non-hydrogen) atoms. The molecule has 0 unspecified atom stereocenters. The van der Waals surface area contributed by atoms with Crippen LogP contribution in [0.4, 0.5) is 0 Å². The zero-order chi connectivity index (χ0) is 39.6. The van der Waals surface area contributed by atoms with E-state index in [0.717, 1.165) is 77.2 Å². The lowest BCUT2D eigenvalue weighted by atomic mass is 9.94. The quantitative estimate of drug-likeness (QED) is 0.158. The Balaban J connectivity index is 0.970. The number of pyridine rings is 1. The van der Waals surface area contributed by atoms with E-state index in [2.05, 4.69) is 150 Å². The number of aromatic nitrogens is 5. The van der Waals surface area contributed by atoms with Crippen molar-refractivity contribution in [3.8, 4) is 62.2 Å². The largest absolute Gasteiger partial charge is 0.309 e. The fraction of sp³-hybridized carbons (Fsp3) is 0.0189. The molecule has 0 bridgehead atoms. The van der Waals surface area contributed by atoms with E-state index < -0.39 is 0 Å². The van der Waals surface area contributed by atoms with E-state index in [1.807, 2.05) is 42.5 Å². The van der Waals surface area contributed by atoms with Gasteiger partial charge in [0.25, 0.3) is 0 Å². The van der Waals surface area contributed by atoms with Crippen molar-refractivity contribution in [3.05, 3.63) is 199 Å². The van der Waals surface area contributed by atoms with Crippen molar-refractivity contribution >= 4 is 43.5 Å². The molecule has 7 nitrogen and oxygen atoms in total. The summed E-state index contributed by atoms with van der Waals surface area (Å²) < 4.78 is 2.32. The van der Waals surface area contributed by atoms with Crippen LogP contribution in [0.1, 0.15) is 0 Å². The normalized spacial score (nSPS) is 12.2. The van der Waals surface area contributed by atoms with E-state index in [0.29, 0.717) is 24.1 Å². The molecule has 1 aliphatic heterocycles. The molecule has 0 atom stereocenters. The fourth-order valence-electron chi connectivity index (χ4n) is 8.72. The highest BCUT2D eigenvalue weighted by atomic mass is 15.0. The standard InChI is InChI=1S/C53H33N7/c1-3-13-34(14-4-1)48-43-31-42(49-50(55-32-54-49)47(43)41-19-7-10-20-44(41)56-48)33-23-25-36(26-24-33)52-57-51(35-15-5-2-6-16-35)58-53(59-52)37-27-29-38(30-28-37)60-45-21-11-8-17-39(45)40-18-9-12-22-46(40)60/h1-31H,32H2. The Morgan fingerprint density at radius 1 is 0.367 bits per heavy atom. The van der Waals surface area contributed by atoms with Crippen LogP contribution in [-0.4, -0.2) is 31.2 Å². The molecule has 0 saturated carbocycles. The van der Waals surface area contributed by atoms with Crippen LogP contribution in [0.5, 0.6) is 0 Å². The molecular formula is C53H33N7. The maximum Gasteiger partial charge on any atom is 0.164 e. The van der Waals surface area contributed by atoms with Gasteiger partial charge in [0.05, 0.1) is 33.0 Å². The van der Waals surface area contributed by atoms with Crippen LogP contribution in [0.15, 0.2) is 198 Å². The van der Waals surface area contributed by atoms with Crippen molar-refractivity contribution in [1.29, 1.82) is 0 Å². The first-order valence-electron chi connectivity index (χ1n) is 20.1. The molecule has 0 fully saturated rings. The number of rotatable bonds is 6. The number of para-hydroxylation sites is 3. The lowest BCUT2D eigenvalue weighted by Crippen LogP contribution is -2.25. The first kappa shape index (κ1) is 33.9. The minimum Gasteiger partial charge on any atom is -0.309 e. The van der Waals surface area contributed by atoms with Crippen molar-refractivity contribution in [2.75, 3.05) is 6.67 Å². The minimum atomic E-state index is 0.395. The van der Waals surface area contributed by atoms with Gasteiger partial charge in [-0.15, -0.1) is 0 Å². The van der Waals surface area contributed by atoms with Gasteiger partial charge in [0.15, 0.2) is 17.5 Å². The molecule has 8 aromatic carbocycles. The van der Waals surface area contributed by atoms with Crippen LogP contribution in [0.3, 0.4) is 0 Å². The third-order valence-electron chi connectivity index (χ3n) is 11.5. The first-order valence-corrected chi connectivity index (χ1v) is 20.1. The van der Waals surface area contributed by atoms with Crippen LogP contribution in [-0.2, 0) is 0 Å². The van der Waals surface area contributed by atoms with E-state index in [-0.39, 0.29) is 0 Å². The highest BCUT2D eigenvalue weighted by Crippen LogP contribution is 2.35. The minimum absolute atomic E-state index is 0.395. The summed E-state index contributed by atoms with van der Waals surface area (Å²) in [5.74, 6) is 1.83. The monoisotopic (exact) mass is 767 g/mol. The van der Waals surface area contributed by atoms with Gasteiger partial charge in [0.1, 0.15) is 6.67 Å². The highest BCUT2D eigenvalue weighted by Gasteiger charge is 2.19. The zero-order valence-electron chi connectivity index (χ0n) is 32.2. The second-order valence-electron chi connectivity index (χ2n) is 15.0. The van der Waals surface area contributed by atoms with Gasteiger partial charge in [-0.05, 0) is 54.1 Å². The Morgan fingerprint density at radius 3 is 1.48 bits per heavy atom. The Hall–Kier alpha value is -8.16. The van der Waals surface area contributed by atoms with Crippen molar-refractivity contribution in [1.82, 2.24) is 24.5 Å². The molecule has 11 aromatic rings. The summed E-state index contributed by atoms with van der Waals surface area (Å²) in [6, 6.07) is 65.1. The topological polar surface area (TPSA) is 81.2 Å². The van der Waals surface area contributed by atoms with E-state index in [4.69, 9.17) is 29.9 Å². The molecule has 12 rings (SSSR count). The zero-order valence-corrected chi connectivity index (χ0v) is 32.2. The lowest BCUT2D eigenvalue weighted by molar-refractivity contribution is 1.06. The number of fused-ring (bicyclic) bond motifs is 8. The number of hydrogen-bond acceptors (Lipinski definition) is 6. The van der Waals surface area contributed by atoms with Gasteiger partial charge >= 0.3 is 0 Å². The molecule has 1 aliphatic rings. The predicted octanol–water partition coefficient (Wildman–Crippen LogP) is 11.2. The molecule has 0 radical (unpaired) electrons. The van der Waals surface area contributed by atoms with Crippen molar-refractivity contribution in [2.45, 2.75) is 0 Å². The molecule has 0 amide bonds. The molecule has 0 N–H and O–H groups in total. The van der Waals surface area contributed by atoms with Gasteiger partial charge in [-0.3, -0.25) is 9.98 Å². The summed E-state index contributed by atoms with van der Waals surface area (Å²) in [4.78, 5) is 30.3. The van der Waals surface area contributed by atoms with E-state index >= 15 is 0 Å². The molecule has 4 heterocycles. The van der Waals surface area contributed by atoms with Crippen LogP contribution in [0, 0.1) is 0 Å². The molecule has 0 spiro atoms. The summed E-state index contributed by atoms with van der Waals surface area (Å²) in [7, 11) is 0. The second kappa shape index (κ2) is 13.7. The summed E-state index contributed by atoms with van der Waals surface area (Å²) >= 11 is 0. The Kier molecular flexibility index (Phi) is 7.78. The fourth-order valence-corrected chi connectivity index (χ4v) is 8.72. The average Bonchev–Trinajstić information content (AvgIpc) is 3.95. The third kappa shape index (κ3) is 5.51. The van der Waals surface area contributed by atoms with Gasteiger partial charge in [-0.1, -0.05) is 140 Å². The smallest absolute Gasteiger partial charge is 0.164 e. The average molecular weight is 768 g/mol. The third-order valence-corrected chi connectivity index (χ3v) is 11.5. The Morgan fingerprint density at radius 2 is 0.850 bits per heavy atom. The van der Waals surface area contributed by atoms with Crippen molar-refractivity contribution in [3.63, 3.8) is 0 Å². The number of hydrogen-bond donors (Lipinski definition) is 0. The molecule has 280 valence electrons. The van der Waals surface area contributed by atoms with Crippen molar-refractivity contribution < 1.29 is 0 Å². The molecule has 0 saturated heterocycles. The molecular weight excluding hydrogens is 735 g/mol. The van der Waals surface area contributed by atoms with Gasteiger partial charge in [-0.2, -0.15) is 0 Å². The van der Waals surface area contributed by atoms with Crippen molar-refractivity contribution in [2.24, 2.45) is 9.98 Å². The van der Waals surface area contributed by atoms with E-state index in [1.54, 1.807) is 0 Å². The summed E-state index contributed by atoms with van der Waals surface area (Å²) in [5, 5.41) is 7.50. The van der Waals surface area contributed by atoms with Crippen LogP contribution >= 0.6 is 0 Å². The van der Waals surface area contributed by atoms with Gasteiger partial charge < -0.3 is 4.57 Å². The highest BCUT2D eigenvalue weighted by molar-refractivity contribution is 6.12. The Bertz CT molecular complexity index is 3550. The SMILES string of the molecule is c1ccc(-c2nc(-c3ccc(-c4cc5c(-c6ccccc6)nc6ccccc6c5c5c4=NCN=5)cc3)nc(-c3ccc(-n4c5ccccc5c5ccccc54)cc3)n2)cc1. The molecule has 7 heteroatoms. The first-order chi connectivity index (χ1) is 29.7. The van der Waals surface area contributed by atoms with Gasteiger partial charge in [0.2, 0.25) is 0 Å². The predicted molar refractivity (Wildman–Crippen MR) is 241 cm³/mol. The lowest BCUT2D eigenvalue weighted by Gasteiger charge is -2.13. The van der Waals surface area contributed by atoms with Crippen LogP contribution < -0.4 is 10.7 Å². The maximum absolute atomic E-state index is 5.20. The van der Waals surface area contributed by atoms with Gasteiger partial charge in [0, 0.05) is 60.4 Å². The number of nitrogens with zero attached hydrogens (tertiary/aromatic N) is 7. The Labute approximate surface area is 344 Å². The molecule has 0 aliphatic carbocycles. The molecule has 3 aromatic heterocycles. The maximum atomic E-state index is 5.20. The van der Waals surface area contributed by atoms with Gasteiger partial charge in [-0.25, -0.2) is 19.9 Å². The number of benzene rings is 8. The second-order valence-corrected chi connectivity index (χ2v) is 15.0.